The molecule has 1 aliphatic carbocycles. The lowest BCUT2D eigenvalue weighted by molar-refractivity contribution is 0.0166. The Hall–Kier alpha value is -1.56. The molecule has 3 N–H and O–H groups in total. The molecule has 1 aromatic heterocycles. The molecule has 2 rings (SSSR count). The Labute approximate surface area is 113 Å². The van der Waals surface area contributed by atoms with E-state index in [1.54, 1.807) is 14.2 Å². The molecule has 0 atom stereocenters. The van der Waals surface area contributed by atoms with E-state index >= 15 is 0 Å². The number of hydrogen-bond acceptors (Lipinski definition) is 6. The van der Waals surface area contributed by atoms with Crippen molar-refractivity contribution in [3.63, 3.8) is 0 Å². The summed E-state index contributed by atoms with van der Waals surface area (Å²) >= 11 is 0. The van der Waals surface area contributed by atoms with Crippen LogP contribution in [0.4, 0.5) is 11.6 Å². The van der Waals surface area contributed by atoms with E-state index in [-0.39, 0.29) is 0 Å². The monoisotopic (exact) mass is 266 g/mol. The van der Waals surface area contributed by atoms with Crippen LogP contribution in [0.1, 0.15) is 32.1 Å². The van der Waals surface area contributed by atoms with Gasteiger partial charge in [-0.05, 0) is 12.8 Å². The van der Waals surface area contributed by atoms with E-state index < -0.39 is 5.60 Å². The molecule has 0 bridgehead atoms. The van der Waals surface area contributed by atoms with E-state index in [2.05, 4.69) is 20.6 Å². The first-order valence-corrected chi connectivity index (χ1v) is 6.71. The molecule has 0 saturated heterocycles. The Kier molecular flexibility index (Phi) is 4.42. The Morgan fingerprint density at radius 2 is 1.95 bits per heavy atom. The fourth-order valence-corrected chi connectivity index (χ4v) is 2.51. The summed E-state index contributed by atoms with van der Waals surface area (Å²) in [5, 5.41) is 16.6. The van der Waals surface area contributed by atoms with Gasteiger partial charge in [-0.25, -0.2) is 9.97 Å². The number of nitrogens with zero attached hydrogens (tertiary/aromatic N) is 2. The lowest BCUT2D eigenvalue weighted by Crippen LogP contribution is -2.39. The minimum absolute atomic E-state index is 0.490. The molecular formula is C13H22N4O2. The Morgan fingerprint density at radius 1 is 1.26 bits per heavy atom. The number of methoxy groups -OCH3 is 1. The number of aromatic nitrogens is 2. The van der Waals surface area contributed by atoms with Crippen LogP contribution in [0.15, 0.2) is 6.33 Å². The van der Waals surface area contributed by atoms with Crippen molar-refractivity contribution >= 4 is 11.6 Å². The van der Waals surface area contributed by atoms with Gasteiger partial charge in [-0.15, -0.1) is 0 Å². The van der Waals surface area contributed by atoms with Gasteiger partial charge in [0.05, 0.1) is 12.7 Å². The fourth-order valence-electron chi connectivity index (χ4n) is 2.51. The Balaban J connectivity index is 2.06. The van der Waals surface area contributed by atoms with E-state index in [0.29, 0.717) is 23.9 Å². The second-order valence-corrected chi connectivity index (χ2v) is 4.99. The molecule has 1 aromatic rings. The van der Waals surface area contributed by atoms with Crippen molar-refractivity contribution in [1.82, 2.24) is 9.97 Å². The van der Waals surface area contributed by atoms with Crippen LogP contribution in [-0.4, -0.2) is 41.4 Å². The largest absolute Gasteiger partial charge is 0.490 e. The smallest absolute Gasteiger partial charge is 0.204 e. The van der Waals surface area contributed by atoms with Crippen LogP contribution < -0.4 is 15.4 Å². The van der Waals surface area contributed by atoms with Crippen LogP contribution in [0.5, 0.6) is 5.75 Å². The zero-order valence-electron chi connectivity index (χ0n) is 11.6. The van der Waals surface area contributed by atoms with Crippen LogP contribution in [0.2, 0.25) is 0 Å². The van der Waals surface area contributed by atoms with Gasteiger partial charge in [0.2, 0.25) is 5.75 Å². The standard InChI is InChI=1S/C13H22N4O2/c1-14-11-10(19-2)12(17-9-16-11)15-8-13(18)6-4-3-5-7-13/h9,18H,3-8H2,1-2H3,(H2,14,15,16,17). The first kappa shape index (κ1) is 13.9. The molecule has 106 valence electrons. The number of hydrogen-bond donors (Lipinski definition) is 3. The average Bonchev–Trinajstić information content (AvgIpc) is 2.45. The highest BCUT2D eigenvalue weighted by Crippen LogP contribution is 2.31. The van der Waals surface area contributed by atoms with Gasteiger partial charge in [0.1, 0.15) is 6.33 Å². The van der Waals surface area contributed by atoms with Crippen molar-refractivity contribution in [3.05, 3.63) is 6.33 Å². The van der Waals surface area contributed by atoms with Gasteiger partial charge in [-0.2, -0.15) is 0 Å². The summed E-state index contributed by atoms with van der Waals surface area (Å²) in [6.45, 7) is 0.490. The van der Waals surface area contributed by atoms with Crippen LogP contribution >= 0.6 is 0 Å². The third-order valence-electron chi connectivity index (χ3n) is 3.61. The molecule has 0 unspecified atom stereocenters. The van der Waals surface area contributed by atoms with Crippen LogP contribution in [-0.2, 0) is 0 Å². The number of aliphatic hydroxyl groups is 1. The highest BCUT2D eigenvalue weighted by Gasteiger charge is 2.29. The predicted molar refractivity (Wildman–Crippen MR) is 74.7 cm³/mol. The molecular weight excluding hydrogens is 244 g/mol. The summed E-state index contributed by atoms with van der Waals surface area (Å²) in [6.07, 6.45) is 6.53. The lowest BCUT2D eigenvalue weighted by atomic mass is 9.85. The molecule has 1 saturated carbocycles. The fraction of sp³-hybridized carbons (Fsp3) is 0.692. The van der Waals surface area contributed by atoms with Crippen molar-refractivity contribution in [2.24, 2.45) is 0 Å². The third kappa shape index (κ3) is 3.26. The number of ether oxygens (including phenoxy) is 1. The van der Waals surface area contributed by atoms with E-state index in [4.69, 9.17) is 4.74 Å². The molecule has 19 heavy (non-hydrogen) atoms. The summed E-state index contributed by atoms with van der Waals surface area (Å²) in [7, 11) is 3.36. The highest BCUT2D eigenvalue weighted by molar-refractivity contribution is 5.63. The van der Waals surface area contributed by atoms with Crippen molar-refractivity contribution in [3.8, 4) is 5.75 Å². The summed E-state index contributed by atoms with van der Waals surface area (Å²) in [5.74, 6) is 1.82. The van der Waals surface area contributed by atoms with Crippen molar-refractivity contribution in [2.45, 2.75) is 37.7 Å². The molecule has 0 amide bonds. The predicted octanol–water partition coefficient (Wildman–Crippen LogP) is 1.63. The van der Waals surface area contributed by atoms with Gasteiger partial charge >= 0.3 is 0 Å². The molecule has 6 nitrogen and oxygen atoms in total. The maximum atomic E-state index is 10.5. The SMILES string of the molecule is CNc1ncnc(NCC2(O)CCCCC2)c1OC. The van der Waals surface area contributed by atoms with Gasteiger partial charge in [-0.3, -0.25) is 0 Å². The highest BCUT2D eigenvalue weighted by atomic mass is 16.5. The Bertz CT molecular complexity index is 419. The van der Waals surface area contributed by atoms with Crippen LogP contribution in [0, 0.1) is 0 Å². The molecule has 1 fully saturated rings. The maximum absolute atomic E-state index is 10.5. The molecule has 0 aliphatic heterocycles. The van der Waals surface area contributed by atoms with Gasteiger partial charge in [0.15, 0.2) is 11.6 Å². The number of nitrogens with one attached hydrogen (secondary N) is 2. The van der Waals surface area contributed by atoms with Crippen molar-refractivity contribution in [2.75, 3.05) is 31.3 Å². The van der Waals surface area contributed by atoms with Gasteiger partial charge < -0.3 is 20.5 Å². The zero-order valence-corrected chi connectivity index (χ0v) is 11.6. The number of rotatable bonds is 5. The normalized spacial score (nSPS) is 17.8. The van der Waals surface area contributed by atoms with E-state index in [1.807, 2.05) is 0 Å². The Morgan fingerprint density at radius 3 is 2.58 bits per heavy atom. The maximum Gasteiger partial charge on any atom is 0.204 e. The first-order chi connectivity index (χ1) is 9.18. The van der Waals surface area contributed by atoms with E-state index in [0.717, 1.165) is 25.7 Å². The number of anilines is 2. The van der Waals surface area contributed by atoms with Gasteiger partial charge in [0, 0.05) is 13.6 Å². The molecule has 6 heteroatoms. The summed E-state index contributed by atoms with van der Waals surface area (Å²) in [4.78, 5) is 8.27. The van der Waals surface area contributed by atoms with Crippen LogP contribution in [0.3, 0.4) is 0 Å². The summed E-state index contributed by atoms with van der Waals surface area (Å²) in [5.41, 5.74) is -0.631. The van der Waals surface area contributed by atoms with Crippen molar-refractivity contribution < 1.29 is 9.84 Å². The molecule has 1 aliphatic rings. The quantitative estimate of drug-likeness (QED) is 0.752. The molecule has 0 radical (unpaired) electrons. The van der Waals surface area contributed by atoms with E-state index in [1.165, 1.54) is 12.7 Å². The van der Waals surface area contributed by atoms with Gasteiger partial charge in [0.25, 0.3) is 0 Å². The van der Waals surface area contributed by atoms with E-state index in [9.17, 15) is 5.11 Å². The minimum Gasteiger partial charge on any atom is -0.490 e. The van der Waals surface area contributed by atoms with Crippen LogP contribution in [0.25, 0.3) is 0 Å². The zero-order chi connectivity index (χ0) is 13.7. The molecule has 0 spiro atoms. The molecule has 0 aromatic carbocycles. The molecule has 1 heterocycles. The first-order valence-electron chi connectivity index (χ1n) is 6.71. The second kappa shape index (κ2) is 6.06. The average molecular weight is 266 g/mol. The summed E-state index contributed by atoms with van der Waals surface area (Å²) in [6, 6.07) is 0. The van der Waals surface area contributed by atoms with Crippen molar-refractivity contribution in [1.29, 1.82) is 0 Å². The second-order valence-electron chi connectivity index (χ2n) is 4.99. The lowest BCUT2D eigenvalue weighted by Gasteiger charge is -2.32. The summed E-state index contributed by atoms with van der Waals surface area (Å²) < 4.78 is 5.31. The topological polar surface area (TPSA) is 79.3 Å². The minimum atomic E-state index is -0.631. The van der Waals surface area contributed by atoms with Gasteiger partial charge in [-0.1, -0.05) is 19.3 Å². The third-order valence-corrected chi connectivity index (χ3v) is 3.61.